The van der Waals surface area contributed by atoms with Gasteiger partial charge in [-0.25, -0.2) is 0 Å². The smallest absolute Gasteiger partial charge is 0.221 e. The predicted molar refractivity (Wildman–Crippen MR) is 52.5 cm³/mol. The molecule has 5 heteroatoms. The molecule has 0 saturated carbocycles. The standard InChI is InChI=1S/C9H17N3O2/c1-7-6-11-9(14)3-5-12(7)4-2-8(10)13/h7H,2-6H2,1H3,(H2,10,13)(H,11,14). The van der Waals surface area contributed by atoms with Gasteiger partial charge in [0.05, 0.1) is 0 Å². The van der Waals surface area contributed by atoms with E-state index in [0.717, 1.165) is 0 Å². The Bertz CT molecular complexity index is 230. The van der Waals surface area contributed by atoms with Crippen LogP contribution in [-0.2, 0) is 9.59 Å². The number of primary amides is 1. The van der Waals surface area contributed by atoms with Gasteiger partial charge in [0, 0.05) is 38.5 Å². The minimum atomic E-state index is -0.291. The van der Waals surface area contributed by atoms with Gasteiger partial charge in [-0.3, -0.25) is 14.5 Å². The molecule has 1 aliphatic rings. The molecule has 1 saturated heterocycles. The second kappa shape index (κ2) is 4.95. The molecule has 0 radical (unpaired) electrons. The second-order valence-electron chi connectivity index (χ2n) is 3.66. The Kier molecular flexibility index (Phi) is 3.88. The number of hydrogen-bond donors (Lipinski definition) is 2. The summed E-state index contributed by atoms with van der Waals surface area (Å²) in [7, 11) is 0. The van der Waals surface area contributed by atoms with E-state index in [2.05, 4.69) is 10.2 Å². The molecule has 3 N–H and O–H groups in total. The highest BCUT2D eigenvalue weighted by Crippen LogP contribution is 2.04. The van der Waals surface area contributed by atoms with Gasteiger partial charge >= 0.3 is 0 Å². The molecule has 2 amide bonds. The number of carbonyl (C=O) groups excluding carboxylic acids is 2. The van der Waals surface area contributed by atoms with Gasteiger partial charge in [0.1, 0.15) is 0 Å². The number of nitrogens with one attached hydrogen (secondary N) is 1. The first-order valence-corrected chi connectivity index (χ1v) is 4.88. The minimum absolute atomic E-state index is 0.0819. The highest BCUT2D eigenvalue weighted by molar-refractivity contribution is 5.76. The zero-order valence-electron chi connectivity index (χ0n) is 8.45. The maximum Gasteiger partial charge on any atom is 0.221 e. The molecule has 1 aliphatic heterocycles. The van der Waals surface area contributed by atoms with Crippen LogP contribution in [0.3, 0.4) is 0 Å². The Labute approximate surface area is 83.6 Å². The van der Waals surface area contributed by atoms with Gasteiger partial charge in [-0.2, -0.15) is 0 Å². The summed E-state index contributed by atoms with van der Waals surface area (Å²) in [6, 6.07) is 0.279. The first-order valence-electron chi connectivity index (χ1n) is 4.88. The number of carbonyl (C=O) groups is 2. The fourth-order valence-electron chi connectivity index (χ4n) is 1.53. The van der Waals surface area contributed by atoms with Crippen LogP contribution in [0, 0.1) is 0 Å². The fourth-order valence-corrected chi connectivity index (χ4v) is 1.53. The molecule has 0 aromatic heterocycles. The van der Waals surface area contributed by atoms with Gasteiger partial charge in [0.15, 0.2) is 0 Å². The van der Waals surface area contributed by atoms with E-state index >= 15 is 0 Å². The van der Waals surface area contributed by atoms with Crippen LogP contribution >= 0.6 is 0 Å². The Balaban J connectivity index is 2.41. The summed E-state index contributed by atoms with van der Waals surface area (Å²) in [5.41, 5.74) is 5.07. The number of nitrogens with two attached hydrogens (primary N) is 1. The van der Waals surface area contributed by atoms with Gasteiger partial charge in [-0.15, -0.1) is 0 Å². The van der Waals surface area contributed by atoms with E-state index in [1.54, 1.807) is 0 Å². The monoisotopic (exact) mass is 199 g/mol. The van der Waals surface area contributed by atoms with Crippen LogP contribution in [0.2, 0.25) is 0 Å². The van der Waals surface area contributed by atoms with Crippen LogP contribution in [-0.4, -0.2) is 42.4 Å². The van der Waals surface area contributed by atoms with E-state index in [1.807, 2.05) is 6.92 Å². The van der Waals surface area contributed by atoms with Crippen molar-refractivity contribution in [1.82, 2.24) is 10.2 Å². The van der Waals surface area contributed by atoms with Gasteiger partial charge in [-0.1, -0.05) is 0 Å². The molecule has 1 fully saturated rings. The topological polar surface area (TPSA) is 75.4 Å². The Morgan fingerprint density at radius 1 is 1.71 bits per heavy atom. The number of amides is 2. The van der Waals surface area contributed by atoms with Crippen molar-refractivity contribution >= 4 is 11.8 Å². The maximum absolute atomic E-state index is 11.1. The molecule has 1 rings (SSSR count). The van der Waals surface area contributed by atoms with Crippen molar-refractivity contribution in [3.8, 4) is 0 Å². The molecule has 1 heterocycles. The third kappa shape index (κ3) is 3.33. The third-order valence-corrected chi connectivity index (χ3v) is 2.49. The van der Waals surface area contributed by atoms with Crippen LogP contribution in [0.1, 0.15) is 19.8 Å². The van der Waals surface area contributed by atoms with Gasteiger partial charge in [0.2, 0.25) is 11.8 Å². The molecular formula is C9H17N3O2. The summed E-state index contributed by atoms with van der Waals surface area (Å²) >= 11 is 0. The summed E-state index contributed by atoms with van der Waals surface area (Å²) in [5.74, 6) is -0.209. The molecule has 1 unspecified atom stereocenters. The quantitative estimate of drug-likeness (QED) is 0.616. The second-order valence-corrected chi connectivity index (χ2v) is 3.66. The van der Waals surface area contributed by atoms with Crippen molar-refractivity contribution in [3.05, 3.63) is 0 Å². The van der Waals surface area contributed by atoms with Gasteiger partial charge in [-0.05, 0) is 6.92 Å². The summed E-state index contributed by atoms with van der Waals surface area (Å²) < 4.78 is 0. The predicted octanol–water partition coefficient (Wildman–Crippen LogP) is -0.928. The highest BCUT2D eigenvalue weighted by Gasteiger charge is 2.19. The molecule has 1 atom stereocenters. The van der Waals surface area contributed by atoms with Crippen LogP contribution in [0.15, 0.2) is 0 Å². The maximum atomic E-state index is 11.1. The highest BCUT2D eigenvalue weighted by atomic mass is 16.2. The zero-order chi connectivity index (χ0) is 10.6. The molecule has 0 aromatic rings. The normalized spacial score (nSPS) is 24.1. The minimum Gasteiger partial charge on any atom is -0.370 e. The first kappa shape index (κ1) is 11.0. The van der Waals surface area contributed by atoms with E-state index < -0.39 is 0 Å². The van der Waals surface area contributed by atoms with Crippen LogP contribution in [0.25, 0.3) is 0 Å². The molecule has 5 nitrogen and oxygen atoms in total. The Hall–Kier alpha value is -1.10. The molecule has 0 aliphatic carbocycles. The van der Waals surface area contributed by atoms with Crippen molar-refractivity contribution < 1.29 is 9.59 Å². The fraction of sp³-hybridized carbons (Fsp3) is 0.778. The average Bonchev–Trinajstić information content (AvgIpc) is 2.27. The van der Waals surface area contributed by atoms with Crippen molar-refractivity contribution in [1.29, 1.82) is 0 Å². The summed E-state index contributed by atoms with van der Waals surface area (Å²) in [6.45, 7) is 4.04. The zero-order valence-corrected chi connectivity index (χ0v) is 8.45. The van der Waals surface area contributed by atoms with Crippen molar-refractivity contribution in [2.45, 2.75) is 25.8 Å². The number of nitrogens with zero attached hydrogens (tertiary/aromatic N) is 1. The van der Waals surface area contributed by atoms with Crippen molar-refractivity contribution in [2.75, 3.05) is 19.6 Å². The van der Waals surface area contributed by atoms with Crippen molar-refractivity contribution in [3.63, 3.8) is 0 Å². The summed E-state index contributed by atoms with van der Waals surface area (Å²) in [5, 5.41) is 2.82. The summed E-state index contributed by atoms with van der Waals surface area (Å²) in [6.07, 6.45) is 0.863. The summed E-state index contributed by atoms with van der Waals surface area (Å²) in [4.78, 5) is 23.8. The van der Waals surface area contributed by atoms with E-state index in [-0.39, 0.29) is 17.9 Å². The van der Waals surface area contributed by atoms with E-state index in [1.165, 1.54) is 0 Å². The van der Waals surface area contributed by atoms with E-state index in [4.69, 9.17) is 5.73 Å². The van der Waals surface area contributed by atoms with Crippen LogP contribution in [0.4, 0.5) is 0 Å². The molecule has 0 spiro atoms. The van der Waals surface area contributed by atoms with Gasteiger partial charge in [0.25, 0.3) is 0 Å². The lowest BCUT2D eigenvalue weighted by molar-refractivity contribution is -0.120. The first-order chi connectivity index (χ1) is 6.59. The lowest BCUT2D eigenvalue weighted by Gasteiger charge is -2.25. The molecule has 0 bridgehead atoms. The molecule has 14 heavy (non-hydrogen) atoms. The van der Waals surface area contributed by atoms with Gasteiger partial charge < -0.3 is 11.1 Å². The van der Waals surface area contributed by atoms with E-state index in [9.17, 15) is 9.59 Å². The van der Waals surface area contributed by atoms with E-state index in [0.29, 0.717) is 32.5 Å². The van der Waals surface area contributed by atoms with Crippen LogP contribution in [0.5, 0.6) is 0 Å². The molecule has 0 aromatic carbocycles. The average molecular weight is 199 g/mol. The lowest BCUT2D eigenvalue weighted by Crippen LogP contribution is -2.39. The Morgan fingerprint density at radius 3 is 3.07 bits per heavy atom. The van der Waals surface area contributed by atoms with Crippen LogP contribution < -0.4 is 11.1 Å². The molecular weight excluding hydrogens is 182 g/mol. The third-order valence-electron chi connectivity index (χ3n) is 2.49. The Morgan fingerprint density at radius 2 is 2.43 bits per heavy atom. The van der Waals surface area contributed by atoms with Crippen molar-refractivity contribution in [2.24, 2.45) is 5.73 Å². The number of rotatable bonds is 3. The lowest BCUT2D eigenvalue weighted by atomic mass is 10.2. The number of hydrogen-bond acceptors (Lipinski definition) is 3. The SMILES string of the molecule is CC1CNC(=O)CCN1CCC(N)=O. The largest absolute Gasteiger partial charge is 0.370 e. The molecule has 80 valence electrons.